The van der Waals surface area contributed by atoms with Gasteiger partial charge in [0.1, 0.15) is 6.61 Å². The van der Waals surface area contributed by atoms with Crippen molar-refractivity contribution in [2.24, 2.45) is 0 Å². The van der Waals surface area contributed by atoms with Crippen LogP contribution in [0.2, 0.25) is 0 Å². The van der Waals surface area contributed by atoms with Crippen LogP contribution >= 0.6 is 0 Å². The second-order valence-electron chi connectivity index (χ2n) is 4.34. The van der Waals surface area contributed by atoms with E-state index in [0.717, 1.165) is 0 Å². The number of alkyl halides is 3. The third-order valence-corrected chi connectivity index (χ3v) is 2.68. The van der Waals surface area contributed by atoms with Crippen LogP contribution in [-0.2, 0) is 4.74 Å². The van der Waals surface area contributed by atoms with E-state index in [4.69, 9.17) is 0 Å². The molecular weight excluding hydrogens is 281 g/mol. The number of halogens is 5. The zero-order chi connectivity index (χ0) is 15.3. The Morgan fingerprint density at radius 3 is 2.40 bits per heavy atom. The van der Waals surface area contributed by atoms with E-state index in [2.05, 4.69) is 10.1 Å². The molecule has 114 valence electrons. The Morgan fingerprint density at radius 2 is 1.85 bits per heavy atom. The highest BCUT2D eigenvalue weighted by Crippen LogP contribution is 2.23. The molecule has 1 unspecified atom stereocenters. The Kier molecular flexibility index (Phi) is 5.88. The average Bonchev–Trinajstić information content (AvgIpc) is 2.34. The van der Waals surface area contributed by atoms with Gasteiger partial charge in [-0.05, 0) is 19.0 Å². The van der Waals surface area contributed by atoms with Gasteiger partial charge in [-0.3, -0.25) is 0 Å². The highest BCUT2D eigenvalue weighted by atomic mass is 19.4. The molecule has 0 heterocycles. The summed E-state index contributed by atoms with van der Waals surface area (Å²) in [5, 5.41) is 2.77. The molecule has 0 aliphatic carbocycles. The van der Waals surface area contributed by atoms with Gasteiger partial charge in [-0.2, -0.15) is 13.2 Å². The number of likely N-dealkylation sites (N-methyl/N-ethyl adjacent to an activating group) is 1. The summed E-state index contributed by atoms with van der Waals surface area (Å²) in [5.74, 6) is -2.06. The van der Waals surface area contributed by atoms with E-state index < -0.39 is 37.1 Å². The quantitative estimate of drug-likeness (QED) is 0.811. The van der Waals surface area contributed by atoms with E-state index in [1.165, 1.54) is 19.1 Å². The third-order valence-electron chi connectivity index (χ3n) is 2.68. The van der Waals surface area contributed by atoms with Gasteiger partial charge in [0.25, 0.3) is 0 Å². The fourth-order valence-corrected chi connectivity index (χ4v) is 1.73. The Balaban J connectivity index is 2.83. The summed E-state index contributed by atoms with van der Waals surface area (Å²) in [7, 11) is 0. The van der Waals surface area contributed by atoms with Gasteiger partial charge < -0.3 is 10.1 Å². The summed E-state index contributed by atoms with van der Waals surface area (Å²) in [6.07, 6.45) is -4.45. The molecule has 7 heteroatoms. The molecule has 0 amide bonds. The lowest BCUT2D eigenvalue weighted by atomic mass is 10.0. The minimum atomic E-state index is -4.45. The smallest absolute Gasteiger partial charge is 0.370 e. The molecule has 1 aromatic carbocycles. The predicted molar refractivity (Wildman–Crippen MR) is 64.4 cm³/mol. The molecule has 0 aliphatic heterocycles. The van der Waals surface area contributed by atoms with Crippen LogP contribution in [0.5, 0.6) is 0 Å². The van der Waals surface area contributed by atoms with Crippen molar-refractivity contribution in [2.75, 3.05) is 19.8 Å². The van der Waals surface area contributed by atoms with E-state index in [-0.39, 0.29) is 11.1 Å². The van der Waals surface area contributed by atoms with Crippen LogP contribution in [0.1, 0.15) is 24.1 Å². The van der Waals surface area contributed by atoms with Crippen molar-refractivity contribution in [1.82, 2.24) is 5.32 Å². The van der Waals surface area contributed by atoms with E-state index in [1.54, 1.807) is 6.92 Å². The first-order valence-corrected chi connectivity index (χ1v) is 6.08. The van der Waals surface area contributed by atoms with Crippen molar-refractivity contribution in [1.29, 1.82) is 0 Å². The van der Waals surface area contributed by atoms with E-state index >= 15 is 0 Å². The number of rotatable bonds is 6. The Hall–Kier alpha value is -1.21. The molecule has 0 saturated carbocycles. The van der Waals surface area contributed by atoms with Crippen LogP contribution in [0.3, 0.4) is 0 Å². The molecule has 0 aliphatic rings. The third kappa shape index (κ3) is 4.72. The molecule has 0 radical (unpaired) electrons. The first-order chi connectivity index (χ1) is 9.26. The van der Waals surface area contributed by atoms with E-state index in [1.807, 2.05) is 0 Å². The van der Waals surface area contributed by atoms with Crippen LogP contribution in [0.15, 0.2) is 12.1 Å². The first kappa shape index (κ1) is 16.8. The highest BCUT2D eigenvalue weighted by molar-refractivity contribution is 5.28. The average molecular weight is 297 g/mol. The maximum absolute atomic E-state index is 13.8. The molecule has 2 nitrogen and oxygen atoms in total. The largest absolute Gasteiger partial charge is 0.411 e. The lowest BCUT2D eigenvalue weighted by Crippen LogP contribution is -2.29. The van der Waals surface area contributed by atoms with Crippen LogP contribution < -0.4 is 5.32 Å². The molecule has 0 spiro atoms. The van der Waals surface area contributed by atoms with Crippen LogP contribution in [-0.4, -0.2) is 25.9 Å². The van der Waals surface area contributed by atoms with Crippen molar-refractivity contribution < 1.29 is 26.7 Å². The molecule has 20 heavy (non-hydrogen) atoms. The summed E-state index contributed by atoms with van der Waals surface area (Å²) >= 11 is 0. The number of benzene rings is 1. The standard InChI is InChI=1S/C13H16F5NO/c1-3-19-10(6-20-7-13(16,17)18)9-5-4-8(2)11(14)12(9)15/h4-5,10,19H,3,6-7H2,1-2H3. The summed E-state index contributed by atoms with van der Waals surface area (Å²) in [5.41, 5.74) is 0.0924. The van der Waals surface area contributed by atoms with Crippen LogP contribution in [0.4, 0.5) is 22.0 Å². The number of aryl methyl sites for hydroxylation is 1. The normalized spacial score (nSPS) is 13.6. The second-order valence-corrected chi connectivity index (χ2v) is 4.34. The summed E-state index contributed by atoms with van der Waals surface area (Å²) < 4.78 is 67.8. The fourth-order valence-electron chi connectivity index (χ4n) is 1.73. The van der Waals surface area contributed by atoms with Gasteiger partial charge in [-0.25, -0.2) is 8.78 Å². The lowest BCUT2D eigenvalue weighted by Gasteiger charge is -2.20. The van der Waals surface area contributed by atoms with E-state index in [9.17, 15) is 22.0 Å². The Labute approximate surface area is 113 Å². The first-order valence-electron chi connectivity index (χ1n) is 6.08. The van der Waals surface area contributed by atoms with Crippen molar-refractivity contribution in [3.63, 3.8) is 0 Å². The molecule has 1 N–H and O–H groups in total. The van der Waals surface area contributed by atoms with Crippen molar-refractivity contribution in [3.8, 4) is 0 Å². The summed E-state index contributed by atoms with van der Waals surface area (Å²) in [6, 6.07) is 1.89. The van der Waals surface area contributed by atoms with Crippen LogP contribution in [0.25, 0.3) is 0 Å². The van der Waals surface area contributed by atoms with Gasteiger partial charge in [0.2, 0.25) is 0 Å². The van der Waals surface area contributed by atoms with Gasteiger partial charge in [0, 0.05) is 5.56 Å². The fraction of sp³-hybridized carbons (Fsp3) is 0.538. The number of hydrogen-bond acceptors (Lipinski definition) is 2. The molecule has 0 aromatic heterocycles. The maximum atomic E-state index is 13.8. The highest BCUT2D eigenvalue weighted by Gasteiger charge is 2.28. The summed E-state index contributed by atoms with van der Waals surface area (Å²) in [4.78, 5) is 0. The van der Waals surface area contributed by atoms with E-state index in [0.29, 0.717) is 6.54 Å². The number of hydrogen-bond donors (Lipinski definition) is 1. The maximum Gasteiger partial charge on any atom is 0.411 e. The van der Waals surface area contributed by atoms with Gasteiger partial charge in [-0.15, -0.1) is 0 Å². The van der Waals surface area contributed by atoms with Gasteiger partial charge in [0.15, 0.2) is 11.6 Å². The minimum absolute atomic E-state index is 0.0443. The topological polar surface area (TPSA) is 21.3 Å². The van der Waals surface area contributed by atoms with Crippen LogP contribution in [0, 0.1) is 18.6 Å². The Morgan fingerprint density at radius 1 is 1.20 bits per heavy atom. The number of ether oxygens (including phenoxy) is 1. The summed E-state index contributed by atoms with van der Waals surface area (Å²) in [6.45, 7) is 1.68. The molecule has 1 atom stereocenters. The lowest BCUT2D eigenvalue weighted by molar-refractivity contribution is -0.175. The minimum Gasteiger partial charge on any atom is -0.370 e. The van der Waals surface area contributed by atoms with Gasteiger partial charge >= 0.3 is 6.18 Å². The molecule has 0 saturated heterocycles. The number of nitrogens with one attached hydrogen (secondary N) is 1. The zero-order valence-electron chi connectivity index (χ0n) is 11.2. The molecule has 1 rings (SSSR count). The molecular formula is C13H16F5NO. The van der Waals surface area contributed by atoms with Gasteiger partial charge in [-0.1, -0.05) is 19.1 Å². The second kappa shape index (κ2) is 6.99. The molecule has 1 aromatic rings. The SMILES string of the molecule is CCNC(COCC(F)(F)F)c1ccc(C)c(F)c1F. The van der Waals surface area contributed by atoms with Crippen molar-refractivity contribution in [2.45, 2.75) is 26.1 Å². The molecule has 0 fully saturated rings. The predicted octanol–water partition coefficient (Wildman–Crippen LogP) is 3.50. The van der Waals surface area contributed by atoms with Crippen molar-refractivity contribution in [3.05, 3.63) is 34.9 Å². The Bertz CT molecular complexity index is 447. The van der Waals surface area contributed by atoms with Crippen molar-refractivity contribution >= 4 is 0 Å². The molecule has 0 bridgehead atoms. The van der Waals surface area contributed by atoms with Gasteiger partial charge in [0.05, 0.1) is 12.6 Å². The zero-order valence-corrected chi connectivity index (χ0v) is 11.2. The monoisotopic (exact) mass is 297 g/mol.